The van der Waals surface area contributed by atoms with Crippen molar-refractivity contribution < 1.29 is 0 Å². The van der Waals surface area contributed by atoms with Crippen LogP contribution in [0.2, 0.25) is 0 Å². The molecule has 0 aliphatic carbocycles. The van der Waals surface area contributed by atoms with Crippen LogP contribution in [0.5, 0.6) is 0 Å². The Morgan fingerprint density at radius 2 is 1.93 bits per heavy atom. The highest BCUT2D eigenvalue weighted by atomic mass is 15.4. The monoisotopic (exact) mass is 190 g/mol. The first kappa shape index (κ1) is 10.8. The fraction of sp³-hybridized carbons (Fsp3) is 0.333. The molecule has 0 aromatic heterocycles. The Labute approximate surface area is 86.0 Å². The Kier molecular flexibility index (Phi) is 3.31. The van der Waals surface area contributed by atoms with Crippen molar-refractivity contribution in [3.8, 4) is 0 Å². The molecule has 0 aliphatic rings. The highest BCUT2D eigenvalue weighted by Gasteiger charge is 2.01. The van der Waals surface area contributed by atoms with E-state index < -0.39 is 0 Å². The maximum absolute atomic E-state index is 5.90. The van der Waals surface area contributed by atoms with Crippen molar-refractivity contribution in [2.24, 2.45) is 5.84 Å². The lowest BCUT2D eigenvalue weighted by Crippen LogP contribution is -2.25. The number of hydrazine groups is 1. The number of benzene rings is 1. The molecule has 76 valence electrons. The first-order chi connectivity index (χ1) is 6.50. The van der Waals surface area contributed by atoms with E-state index in [4.69, 9.17) is 5.84 Å². The molecule has 0 aliphatic heterocycles. The summed E-state index contributed by atoms with van der Waals surface area (Å²) >= 11 is 0. The maximum atomic E-state index is 5.90. The highest BCUT2D eigenvalue weighted by molar-refractivity contribution is 5.55. The van der Waals surface area contributed by atoms with Gasteiger partial charge in [0.1, 0.15) is 0 Å². The van der Waals surface area contributed by atoms with E-state index in [-0.39, 0.29) is 0 Å². The molecule has 0 radical (unpaired) electrons. The van der Waals surface area contributed by atoms with Gasteiger partial charge in [0.15, 0.2) is 0 Å². The van der Waals surface area contributed by atoms with Gasteiger partial charge in [0.25, 0.3) is 0 Å². The molecule has 0 bridgehead atoms. The number of rotatable bonds is 2. The zero-order valence-corrected chi connectivity index (χ0v) is 9.33. The molecule has 0 unspecified atom stereocenters. The van der Waals surface area contributed by atoms with Crippen molar-refractivity contribution in [2.75, 3.05) is 5.01 Å². The first-order valence-corrected chi connectivity index (χ1v) is 4.77. The summed E-state index contributed by atoms with van der Waals surface area (Å²) in [5, 5.41) is 1.67. The summed E-state index contributed by atoms with van der Waals surface area (Å²) in [6.07, 6.45) is 1.93. The van der Waals surface area contributed by atoms with Gasteiger partial charge in [-0.3, -0.25) is 5.01 Å². The molecule has 0 spiro atoms. The zero-order valence-electron chi connectivity index (χ0n) is 9.33. The Morgan fingerprint density at radius 1 is 1.29 bits per heavy atom. The van der Waals surface area contributed by atoms with Gasteiger partial charge in [-0.05, 0) is 39.3 Å². The topological polar surface area (TPSA) is 29.3 Å². The molecule has 2 nitrogen and oxygen atoms in total. The molecule has 2 heteroatoms. The SMILES string of the molecule is CC(C)=CN(N)c1ccc(C)cc1C. The zero-order chi connectivity index (χ0) is 10.7. The van der Waals surface area contributed by atoms with E-state index >= 15 is 0 Å². The van der Waals surface area contributed by atoms with E-state index in [1.165, 1.54) is 16.7 Å². The third-order valence-electron chi connectivity index (χ3n) is 2.03. The summed E-state index contributed by atoms with van der Waals surface area (Å²) in [7, 11) is 0. The van der Waals surface area contributed by atoms with Crippen molar-refractivity contribution in [2.45, 2.75) is 27.7 Å². The van der Waals surface area contributed by atoms with Crippen molar-refractivity contribution >= 4 is 5.69 Å². The summed E-state index contributed by atoms with van der Waals surface area (Å²) < 4.78 is 0. The fourth-order valence-electron chi connectivity index (χ4n) is 1.44. The van der Waals surface area contributed by atoms with Gasteiger partial charge in [-0.2, -0.15) is 0 Å². The minimum Gasteiger partial charge on any atom is -0.287 e. The molecule has 0 saturated carbocycles. The molecule has 14 heavy (non-hydrogen) atoms. The van der Waals surface area contributed by atoms with Crippen LogP contribution >= 0.6 is 0 Å². The van der Waals surface area contributed by atoms with Gasteiger partial charge >= 0.3 is 0 Å². The second-order valence-electron chi connectivity index (χ2n) is 3.90. The van der Waals surface area contributed by atoms with Gasteiger partial charge in [0.2, 0.25) is 0 Å². The molecule has 1 aromatic rings. The summed E-state index contributed by atoms with van der Waals surface area (Å²) in [5.41, 5.74) is 4.70. The van der Waals surface area contributed by atoms with Crippen molar-refractivity contribution in [1.29, 1.82) is 0 Å². The molecule has 0 fully saturated rings. The lowest BCUT2D eigenvalue weighted by Gasteiger charge is -2.17. The Morgan fingerprint density at radius 3 is 2.43 bits per heavy atom. The van der Waals surface area contributed by atoms with Crippen molar-refractivity contribution in [1.82, 2.24) is 0 Å². The number of anilines is 1. The Balaban J connectivity index is 3.02. The molecule has 1 rings (SSSR count). The second kappa shape index (κ2) is 4.29. The summed E-state index contributed by atoms with van der Waals surface area (Å²) in [4.78, 5) is 0. The average molecular weight is 190 g/mol. The van der Waals surface area contributed by atoms with Gasteiger partial charge in [-0.25, -0.2) is 5.84 Å². The van der Waals surface area contributed by atoms with Crippen LogP contribution in [0.3, 0.4) is 0 Å². The van der Waals surface area contributed by atoms with Crippen LogP contribution in [0, 0.1) is 13.8 Å². The fourth-order valence-corrected chi connectivity index (χ4v) is 1.44. The minimum atomic E-state index is 1.05. The number of nitrogens with two attached hydrogens (primary N) is 1. The predicted molar refractivity (Wildman–Crippen MR) is 62.0 cm³/mol. The lowest BCUT2D eigenvalue weighted by atomic mass is 10.1. The minimum absolute atomic E-state index is 1.05. The van der Waals surface area contributed by atoms with Crippen LogP contribution in [-0.4, -0.2) is 0 Å². The van der Waals surface area contributed by atoms with E-state index in [2.05, 4.69) is 26.0 Å². The van der Waals surface area contributed by atoms with E-state index in [0.717, 1.165) is 5.69 Å². The van der Waals surface area contributed by atoms with Crippen LogP contribution in [-0.2, 0) is 0 Å². The molecule has 2 N–H and O–H groups in total. The van der Waals surface area contributed by atoms with E-state index in [0.29, 0.717) is 0 Å². The smallest absolute Gasteiger partial charge is 0.0597 e. The number of aryl methyl sites for hydroxylation is 2. The molecular formula is C12H18N2. The standard InChI is InChI=1S/C12H18N2/c1-9(2)8-14(13)12-6-5-10(3)7-11(12)4/h5-8H,13H2,1-4H3. The largest absolute Gasteiger partial charge is 0.287 e. The second-order valence-corrected chi connectivity index (χ2v) is 3.90. The lowest BCUT2D eigenvalue weighted by molar-refractivity contribution is 1.04. The highest BCUT2D eigenvalue weighted by Crippen LogP contribution is 2.19. The maximum Gasteiger partial charge on any atom is 0.0597 e. The number of hydrogen-bond acceptors (Lipinski definition) is 2. The van der Waals surface area contributed by atoms with Gasteiger partial charge < -0.3 is 0 Å². The van der Waals surface area contributed by atoms with Crippen LogP contribution in [0.25, 0.3) is 0 Å². The number of nitrogens with zero attached hydrogens (tertiary/aromatic N) is 1. The first-order valence-electron chi connectivity index (χ1n) is 4.77. The van der Waals surface area contributed by atoms with E-state index in [1.807, 2.05) is 26.1 Å². The Hall–Kier alpha value is -1.28. The third kappa shape index (κ3) is 2.60. The van der Waals surface area contributed by atoms with E-state index in [9.17, 15) is 0 Å². The van der Waals surface area contributed by atoms with E-state index in [1.54, 1.807) is 5.01 Å². The van der Waals surface area contributed by atoms with Crippen molar-refractivity contribution in [3.63, 3.8) is 0 Å². The summed E-state index contributed by atoms with van der Waals surface area (Å²) in [6.45, 7) is 8.21. The molecule has 1 aromatic carbocycles. The summed E-state index contributed by atoms with van der Waals surface area (Å²) in [5.74, 6) is 5.90. The molecular weight excluding hydrogens is 172 g/mol. The average Bonchev–Trinajstić information content (AvgIpc) is 2.01. The predicted octanol–water partition coefficient (Wildman–Crippen LogP) is 2.91. The molecule has 0 heterocycles. The molecule has 0 atom stereocenters. The molecule has 0 amide bonds. The van der Waals surface area contributed by atoms with Gasteiger partial charge in [0.05, 0.1) is 5.69 Å². The van der Waals surface area contributed by atoms with Crippen LogP contribution in [0.1, 0.15) is 25.0 Å². The number of allylic oxidation sites excluding steroid dienone is 1. The molecule has 0 saturated heterocycles. The quantitative estimate of drug-likeness (QED) is 0.574. The number of hydrogen-bond donors (Lipinski definition) is 1. The third-order valence-corrected chi connectivity index (χ3v) is 2.03. The normalized spacial score (nSPS) is 9.79. The van der Waals surface area contributed by atoms with Crippen LogP contribution < -0.4 is 10.9 Å². The van der Waals surface area contributed by atoms with Crippen LogP contribution in [0.4, 0.5) is 5.69 Å². The van der Waals surface area contributed by atoms with Gasteiger partial charge in [0, 0.05) is 6.20 Å². The van der Waals surface area contributed by atoms with Gasteiger partial charge in [-0.15, -0.1) is 0 Å². The van der Waals surface area contributed by atoms with Gasteiger partial charge in [-0.1, -0.05) is 23.3 Å². The summed E-state index contributed by atoms with van der Waals surface area (Å²) in [6, 6.07) is 6.25. The van der Waals surface area contributed by atoms with Crippen molar-refractivity contribution in [3.05, 3.63) is 41.1 Å². The Bertz CT molecular complexity index is 349. The van der Waals surface area contributed by atoms with Crippen LogP contribution in [0.15, 0.2) is 30.0 Å².